The molecule has 16 heavy (non-hydrogen) atoms. The van der Waals surface area contributed by atoms with E-state index in [4.69, 9.17) is 4.74 Å². The number of rotatable bonds is 4. The Bertz CT molecular complexity index is 398. The van der Waals surface area contributed by atoms with Crippen molar-refractivity contribution >= 4 is 5.97 Å². The van der Waals surface area contributed by atoms with Gasteiger partial charge in [-0.05, 0) is 38.8 Å². The summed E-state index contributed by atoms with van der Waals surface area (Å²) >= 11 is 0. The first-order valence-electron chi connectivity index (χ1n) is 5.37. The third-order valence-corrected chi connectivity index (χ3v) is 2.74. The summed E-state index contributed by atoms with van der Waals surface area (Å²) in [5.41, 5.74) is 1.52. The molecule has 0 saturated heterocycles. The minimum atomic E-state index is -1.26. The number of aryl methyl sites for hydroxylation is 2. The Morgan fingerprint density at radius 3 is 2.50 bits per heavy atom. The van der Waals surface area contributed by atoms with Crippen molar-refractivity contribution in [2.45, 2.75) is 33.3 Å². The van der Waals surface area contributed by atoms with Crippen molar-refractivity contribution in [2.24, 2.45) is 0 Å². The van der Waals surface area contributed by atoms with E-state index in [1.54, 1.807) is 13.8 Å². The lowest BCUT2D eigenvalue weighted by molar-refractivity contribution is -0.164. The van der Waals surface area contributed by atoms with Crippen molar-refractivity contribution in [1.82, 2.24) is 0 Å². The molecule has 0 aliphatic heterocycles. The molecule has 3 heteroatoms. The van der Waals surface area contributed by atoms with Crippen LogP contribution in [0, 0.1) is 13.8 Å². The molecule has 0 amide bonds. The highest BCUT2D eigenvalue weighted by atomic mass is 16.5. The predicted molar refractivity (Wildman–Crippen MR) is 62.5 cm³/mol. The molecule has 1 aromatic rings. The first kappa shape index (κ1) is 12.7. The molecule has 0 bridgehead atoms. The Labute approximate surface area is 96.1 Å². The molecule has 1 N–H and O–H groups in total. The Balaban J connectivity index is 3.26. The molecule has 0 fully saturated rings. The lowest BCUT2D eigenvalue weighted by Crippen LogP contribution is -2.36. The van der Waals surface area contributed by atoms with Crippen molar-refractivity contribution in [3.63, 3.8) is 0 Å². The van der Waals surface area contributed by atoms with Crippen molar-refractivity contribution in [1.29, 1.82) is 0 Å². The summed E-state index contributed by atoms with van der Waals surface area (Å²) in [6.07, 6.45) is 0. The summed E-state index contributed by atoms with van der Waals surface area (Å²) in [6, 6.07) is 5.70. The fraction of sp³-hybridized carbons (Fsp3) is 0.462. The van der Waals surface area contributed by atoms with Gasteiger partial charge in [0.25, 0.3) is 0 Å². The van der Waals surface area contributed by atoms with Crippen LogP contribution in [0.2, 0.25) is 0 Å². The third-order valence-electron chi connectivity index (χ3n) is 2.74. The molecule has 0 saturated carbocycles. The van der Waals surface area contributed by atoms with Gasteiger partial charge in [0, 0.05) is 6.61 Å². The van der Waals surface area contributed by atoms with E-state index < -0.39 is 11.6 Å². The molecular weight excluding hydrogens is 204 g/mol. The van der Waals surface area contributed by atoms with E-state index in [1.807, 2.05) is 32.0 Å². The van der Waals surface area contributed by atoms with Crippen LogP contribution < -0.4 is 0 Å². The molecule has 1 atom stereocenters. The van der Waals surface area contributed by atoms with Crippen LogP contribution in [0.3, 0.4) is 0 Å². The topological polar surface area (TPSA) is 46.5 Å². The van der Waals surface area contributed by atoms with Crippen molar-refractivity contribution in [3.8, 4) is 0 Å². The maximum Gasteiger partial charge on any atom is 0.340 e. The molecule has 0 radical (unpaired) electrons. The summed E-state index contributed by atoms with van der Waals surface area (Å²) < 4.78 is 5.40. The largest absolute Gasteiger partial charge is 0.479 e. The van der Waals surface area contributed by atoms with Gasteiger partial charge in [0.15, 0.2) is 5.60 Å². The van der Waals surface area contributed by atoms with Crippen molar-refractivity contribution in [3.05, 3.63) is 34.9 Å². The van der Waals surface area contributed by atoms with Crippen LogP contribution in [-0.2, 0) is 15.1 Å². The highest BCUT2D eigenvalue weighted by molar-refractivity contribution is 5.79. The van der Waals surface area contributed by atoms with Crippen LogP contribution in [0.1, 0.15) is 30.5 Å². The number of carbonyl (C=O) groups is 1. The molecule has 1 rings (SSSR count). The maximum atomic E-state index is 11.3. The molecule has 3 nitrogen and oxygen atoms in total. The zero-order valence-electron chi connectivity index (χ0n) is 10.2. The number of hydrogen-bond donors (Lipinski definition) is 1. The minimum absolute atomic E-state index is 0.371. The molecule has 0 aliphatic rings. The fourth-order valence-electron chi connectivity index (χ4n) is 1.89. The Morgan fingerprint density at radius 2 is 2.06 bits per heavy atom. The monoisotopic (exact) mass is 222 g/mol. The fourth-order valence-corrected chi connectivity index (χ4v) is 1.89. The third kappa shape index (κ3) is 2.25. The van der Waals surface area contributed by atoms with E-state index in [1.165, 1.54) is 0 Å². The number of aliphatic carboxylic acids is 1. The molecule has 1 unspecified atom stereocenters. The molecule has 0 aliphatic carbocycles. The van der Waals surface area contributed by atoms with Gasteiger partial charge in [-0.25, -0.2) is 4.79 Å². The average Bonchev–Trinajstić information content (AvgIpc) is 2.17. The van der Waals surface area contributed by atoms with Crippen molar-refractivity contribution < 1.29 is 14.6 Å². The van der Waals surface area contributed by atoms with Gasteiger partial charge in [-0.1, -0.05) is 23.8 Å². The van der Waals surface area contributed by atoms with E-state index in [-0.39, 0.29) is 0 Å². The summed E-state index contributed by atoms with van der Waals surface area (Å²) in [6.45, 7) is 7.65. The second kappa shape index (κ2) is 4.66. The van der Waals surface area contributed by atoms with E-state index in [9.17, 15) is 9.90 Å². The Morgan fingerprint density at radius 1 is 1.44 bits per heavy atom. The van der Waals surface area contributed by atoms with Gasteiger partial charge in [-0.2, -0.15) is 0 Å². The lowest BCUT2D eigenvalue weighted by atomic mass is 9.91. The first-order valence-corrected chi connectivity index (χ1v) is 5.37. The Kier molecular flexibility index (Phi) is 3.70. The summed E-state index contributed by atoms with van der Waals surface area (Å²) in [5.74, 6) is -0.957. The predicted octanol–water partition coefficient (Wildman–Crippen LogP) is 2.64. The molecule has 0 aromatic heterocycles. The second-order valence-corrected chi connectivity index (χ2v) is 4.09. The minimum Gasteiger partial charge on any atom is -0.479 e. The van der Waals surface area contributed by atoms with Gasteiger partial charge < -0.3 is 9.84 Å². The molecule has 0 spiro atoms. The summed E-state index contributed by atoms with van der Waals surface area (Å²) in [7, 11) is 0. The van der Waals surface area contributed by atoms with Crippen LogP contribution in [-0.4, -0.2) is 17.7 Å². The quantitative estimate of drug-likeness (QED) is 0.851. The normalized spacial score (nSPS) is 14.5. The summed E-state index contributed by atoms with van der Waals surface area (Å²) in [4.78, 5) is 11.3. The van der Waals surface area contributed by atoms with Crippen LogP contribution in [0.25, 0.3) is 0 Å². The average molecular weight is 222 g/mol. The SMILES string of the molecule is CCOC(C)(C(=O)O)c1ccc(C)cc1C. The van der Waals surface area contributed by atoms with Gasteiger partial charge in [-0.15, -0.1) is 0 Å². The summed E-state index contributed by atoms with van der Waals surface area (Å²) in [5, 5.41) is 9.29. The van der Waals surface area contributed by atoms with Gasteiger partial charge in [0.1, 0.15) is 0 Å². The van der Waals surface area contributed by atoms with Gasteiger partial charge in [-0.3, -0.25) is 0 Å². The van der Waals surface area contributed by atoms with E-state index >= 15 is 0 Å². The highest BCUT2D eigenvalue weighted by Gasteiger charge is 2.37. The molecule has 88 valence electrons. The Hall–Kier alpha value is -1.35. The first-order chi connectivity index (χ1) is 7.41. The van der Waals surface area contributed by atoms with Gasteiger partial charge >= 0.3 is 5.97 Å². The number of carboxylic acids is 1. The maximum absolute atomic E-state index is 11.3. The van der Waals surface area contributed by atoms with Gasteiger partial charge in [0.2, 0.25) is 0 Å². The number of ether oxygens (including phenoxy) is 1. The smallest absolute Gasteiger partial charge is 0.340 e. The standard InChI is InChI=1S/C13H18O3/c1-5-16-13(4,12(14)15)11-7-6-9(2)8-10(11)3/h6-8H,5H2,1-4H3,(H,14,15). The van der Waals surface area contributed by atoms with Crippen LogP contribution in [0.15, 0.2) is 18.2 Å². The van der Waals surface area contributed by atoms with E-state index in [0.717, 1.165) is 11.1 Å². The van der Waals surface area contributed by atoms with Crippen LogP contribution in [0.5, 0.6) is 0 Å². The molecular formula is C13H18O3. The van der Waals surface area contributed by atoms with Crippen molar-refractivity contribution in [2.75, 3.05) is 6.61 Å². The van der Waals surface area contributed by atoms with Crippen LogP contribution in [0.4, 0.5) is 0 Å². The molecule has 0 heterocycles. The van der Waals surface area contributed by atoms with E-state index in [2.05, 4.69) is 0 Å². The molecule has 1 aromatic carbocycles. The highest BCUT2D eigenvalue weighted by Crippen LogP contribution is 2.29. The van der Waals surface area contributed by atoms with Crippen LogP contribution >= 0.6 is 0 Å². The number of carboxylic acid groups (broad SMARTS) is 1. The van der Waals surface area contributed by atoms with Gasteiger partial charge in [0.05, 0.1) is 0 Å². The van der Waals surface area contributed by atoms with E-state index in [0.29, 0.717) is 12.2 Å². The zero-order chi connectivity index (χ0) is 12.3. The number of benzene rings is 1. The number of hydrogen-bond acceptors (Lipinski definition) is 2. The second-order valence-electron chi connectivity index (χ2n) is 4.09. The lowest BCUT2D eigenvalue weighted by Gasteiger charge is -2.27. The zero-order valence-corrected chi connectivity index (χ0v) is 10.2.